The summed E-state index contributed by atoms with van der Waals surface area (Å²) in [5.41, 5.74) is 8.20. The summed E-state index contributed by atoms with van der Waals surface area (Å²) in [5, 5.41) is 0. The topological polar surface area (TPSA) is 38.9 Å². The van der Waals surface area contributed by atoms with Crippen molar-refractivity contribution in [2.24, 2.45) is 0 Å². The quantitative estimate of drug-likeness (QED) is 0.814. The third-order valence-electron chi connectivity index (χ3n) is 2.32. The first-order valence-electron chi connectivity index (χ1n) is 4.77. The monoisotopic (exact) mass is 236 g/mol. The molecular formula is C12H10ClFN2. The molecule has 82 valence electrons. The van der Waals surface area contributed by atoms with E-state index in [-0.39, 0.29) is 5.82 Å². The number of pyridine rings is 1. The molecule has 0 atom stereocenters. The molecule has 0 saturated carbocycles. The molecule has 1 aromatic heterocycles. The summed E-state index contributed by atoms with van der Waals surface area (Å²) in [6.45, 7) is 0. The number of nitrogens with two attached hydrogens (primary N) is 1. The lowest BCUT2D eigenvalue weighted by atomic mass is 10.1. The molecule has 2 nitrogen and oxygen atoms in total. The zero-order valence-electron chi connectivity index (χ0n) is 8.45. The Bertz CT molecular complexity index is 497. The molecule has 4 heteroatoms. The Hall–Kier alpha value is -1.61. The highest BCUT2D eigenvalue weighted by Crippen LogP contribution is 2.23. The second kappa shape index (κ2) is 4.49. The van der Waals surface area contributed by atoms with Gasteiger partial charge in [0.25, 0.3) is 0 Å². The molecule has 1 aromatic carbocycles. The van der Waals surface area contributed by atoms with Gasteiger partial charge in [0.2, 0.25) is 0 Å². The highest BCUT2D eigenvalue weighted by molar-refractivity contribution is 6.17. The van der Waals surface area contributed by atoms with Crippen LogP contribution >= 0.6 is 11.6 Å². The summed E-state index contributed by atoms with van der Waals surface area (Å²) in [6, 6.07) is 8.07. The minimum atomic E-state index is -0.260. The number of hydrogen-bond donors (Lipinski definition) is 1. The Balaban J connectivity index is 2.44. The van der Waals surface area contributed by atoms with Crippen molar-refractivity contribution in [3.8, 4) is 11.1 Å². The number of nitrogens with zero attached hydrogens (tertiary/aromatic N) is 1. The van der Waals surface area contributed by atoms with Crippen LogP contribution in [0.3, 0.4) is 0 Å². The van der Waals surface area contributed by atoms with Crippen LogP contribution in [0.2, 0.25) is 0 Å². The number of alkyl halides is 1. The van der Waals surface area contributed by atoms with Crippen LogP contribution in [-0.4, -0.2) is 4.98 Å². The van der Waals surface area contributed by atoms with Crippen LogP contribution in [0, 0.1) is 5.82 Å². The Morgan fingerprint density at radius 1 is 1.19 bits per heavy atom. The fraction of sp³-hybridized carbons (Fsp3) is 0.0833. The van der Waals surface area contributed by atoms with Gasteiger partial charge in [0.05, 0.1) is 5.88 Å². The summed E-state index contributed by atoms with van der Waals surface area (Å²) < 4.78 is 12.8. The maximum absolute atomic E-state index is 12.8. The first-order valence-corrected chi connectivity index (χ1v) is 5.30. The molecule has 2 N–H and O–H groups in total. The van der Waals surface area contributed by atoms with Crippen LogP contribution in [0.1, 0.15) is 5.56 Å². The Labute approximate surface area is 97.9 Å². The standard InChI is InChI=1S/C12H10ClFN2/c13-6-9-5-10(7-16-12(9)15)8-1-3-11(14)4-2-8/h1-5,7H,6H2,(H2,15,16). The molecular weight excluding hydrogens is 227 g/mol. The molecule has 0 radical (unpaired) electrons. The smallest absolute Gasteiger partial charge is 0.127 e. The summed E-state index contributed by atoms with van der Waals surface area (Å²) in [5.74, 6) is 0.485. The summed E-state index contributed by atoms with van der Waals surface area (Å²) in [6.07, 6.45) is 1.65. The van der Waals surface area contributed by atoms with Gasteiger partial charge in [0.15, 0.2) is 0 Å². The number of rotatable bonds is 2. The van der Waals surface area contributed by atoms with Gasteiger partial charge in [-0.1, -0.05) is 12.1 Å². The van der Waals surface area contributed by atoms with Gasteiger partial charge in [-0.15, -0.1) is 11.6 Å². The SMILES string of the molecule is Nc1ncc(-c2ccc(F)cc2)cc1CCl. The maximum Gasteiger partial charge on any atom is 0.127 e. The largest absolute Gasteiger partial charge is 0.383 e. The summed E-state index contributed by atoms with van der Waals surface area (Å²) >= 11 is 5.74. The van der Waals surface area contributed by atoms with Crippen LogP contribution in [0.5, 0.6) is 0 Å². The first kappa shape index (κ1) is 10.9. The fourth-order valence-corrected chi connectivity index (χ4v) is 1.64. The number of halogens is 2. The normalized spacial score (nSPS) is 10.4. The molecule has 0 amide bonds. The van der Waals surface area contributed by atoms with E-state index in [1.165, 1.54) is 12.1 Å². The molecule has 2 aromatic rings. The van der Waals surface area contributed by atoms with Crippen LogP contribution in [-0.2, 0) is 5.88 Å². The second-order valence-electron chi connectivity index (χ2n) is 3.41. The van der Waals surface area contributed by atoms with Crippen LogP contribution < -0.4 is 5.73 Å². The summed E-state index contributed by atoms with van der Waals surface area (Å²) in [4.78, 5) is 4.05. The van der Waals surface area contributed by atoms with Crippen molar-refractivity contribution in [2.75, 3.05) is 5.73 Å². The van der Waals surface area contributed by atoms with E-state index in [0.717, 1.165) is 16.7 Å². The third kappa shape index (κ3) is 2.14. The molecule has 1 heterocycles. The Morgan fingerprint density at radius 3 is 2.50 bits per heavy atom. The minimum Gasteiger partial charge on any atom is -0.383 e. The van der Waals surface area contributed by atoms with Crippen molar-refractivity contribution in [3.05, 3.63) is 47.9 Å². The van der Waals surface area contributed by atoms with E-state index >= 15 is 0 Å². The Kier molecular flexibility index (Phi) is 3.06. The van der Waals surface area contributed by atoms with Gasteiger partial charge in [-0.05, 0) is 23.8 Å². The van der Waals surface area contributed by atoms with Gasteiger partial charge in [-0.3, -0.25) is 0 Å². The number of anilines is 1. The lowest BCUT2D eigenvalue weighted by molar-refractivity contribution is 0.628. The number of benzene rings is 1. The Morgan fingerprint density at radius 2 is 1.88 bits per heavy atom. The van der Waals surface area contributed by atoms with E-state index in [0.29, 0.717) is 11.7 Å². The third-order valence-corrected chi connectivity index (χ3v) is 2.61. The molecule has 0 aliphatic carbocycles. The average Bonchev–Trinajstić information content (AvgIpc) is 2.31. The molecule has 0 aliphatic rings. The van der Waals surface area contributed by atoms with Crippen molar-refractivity contribution >= 4 is 17.4 Å². The van der Waals surface area contributed by atoms with E-state index < -0.39 is 0 Å². The van der Waals surface area contributed by atoms with E-state index in [1.54, 1.807) is 18.3 Å². The predicted molar refractivity (Wildman–Crippen MR) is 63.6 cm³/mol. The molecule has 0 saturated heterocycles. The second-order valence-corrected chi connectivity index (χ2v) is 3.68. The number of aromatic nitrogens is 1. The van der Waals surface area contributed by atoms with Crippen molar-refractivity contribution in [2.45, 2.75) is 5.88 Å². The zero-order valence-corrected chi connectivity index (χ0v) is 9.21. The molecule has 0 aliphatic heterocycles. The highest BCUT2D eigenvalue weighted by atomic mass is 35.5. The van der Waals surface area contributed by atoms with Crippen LogP contribution in [0.15, 0.2) is 36.5 Å². The lowest BCUT2D eigenvalue weighted by Crippen LogP contribution is -1.96. The molecule has 2 rings (SSSR count). The molecule has 16 heavy (non-hydrogen) atoms. The lowest BCUT2D eigenvalue weighted by Gasteiger charge is -2.05. The van der Waals surface area contributed by atoms with Gasteiger partial charge in [0.1, 0.15) is 11.6 Å². The molecule has 0 fully saturated rings. The van der Waals surface area contributed by atoms with Gasteiger partial charge < -0.3 is 5.73 Å². The van der Waals surface area contributed by atoms with Crippen LogP contribution in [0.4, 0.5) is 10.2 Å². The molecule has 0 bridgehead atoms. The van der Waals surface area contributed by atoms with Crippen molar-refractivity contribution < 1.29 is 4.39 Å². The van der Waals surface area contributed by atoms with Crippen molar-refractivity contribution in [1.29, 1.82) is 0 Å². The fourth-order valence-electron chi connectivity index (χ4n) is 1.43. The number of hydrogen-bond acceptors (Lipinski definition) is 2. The maximum atomic E-state index is 12.8. The van der Waals surface area contributed by atoms with E-state index in [2.05, 4.69) is 4.98 Å². The number of nitrogen functional groups attached to an aromatic ring is 1. The first-order chi connectivity index (χ1) is 7.70. The van der Waals surface area contributed by atoms with Crippen molar-refractivity contribution in [1.82, 2.24) is 4.98 Å². The van der Waals surface area contributed by atoms with Crippen molar-refractivity contribution in [3.63, 3.8) is 0 Å². The molecule has 0 unspecified atom stereocenters. The average molecular weight is 237 g/mol. The molecule has 0 spiro atoms. The van der Waals surface area contributed by atoms with Gasteiger partial charge in [0, 0.05) is 17.3 Å². The minimum absolute atomic E-state index is 0.260. The van der Waals surface area contributed by atoms with Gasteiger partial charge >= 0.3 is 0 Å². The van der Waals surface area contributed by atoms with Gasteiger partial charge in [-0.2, -0.15) is 0 Å². The predicted octanol–water partition coefficient (Wildman–Crippen LogP) is 3.21. The van der Waals surface area contributed by atoms with E-state index in [9.17, 15) is 4.39 Å². The van der Waals surface area contributed by atoms with E-state index in [1.807, 2.05) is 6.07 Å². The van der Waals surface area contributed by atoms with Crippen LogP contribution in [0.25, 0.3) is 11.1 Å². The van der Waals surface area contributed by atoms with E-state index in [4.69, 9.17) is 17.3 Å². The zero-order chi connectivity index (χ0) is 11.5. The summed E-state index contributed by atoms with van der Waals surface area (Å²) in [7, 11) is 0. The highest BCUT2D eigenvalue weighted by Gasteiger charge is 2.03. The van der Waals surface area contributed by atoms with Gasteiger partial charge in [-0.25, -0.2) is 9.37 Å².